The molecular weight excluding hydrogens is 513 g/mol. The molecule has 0 aliphatic rings. The van der Waals surface area contributed by atoms with Gasteiger partial charge < -0.3 is 9.47 Å². The summed E-state index contributed by atoms with van der Waals surface area (Å²) in [6.45, 7) is 1.28. The number of ether oxygens (including phenoxy) is 2. The van der Waals surface area contributed by atoms with Crippen molar-refractivity contribution in [2.45, 2.75) is 11.8 Å². The van der Waals surface area contributed by atoms with Crippen molar-refractivity contribution in [2.75, 3.05) is 25.1 Å². The predicted octanol–water partition coefficient (Wildman–Crippen LogP) is 4.66. The van der Waals surface area contributed by atoms with Crippen molar-refractivity contribution >= 4 is 51.0 Å². The fraction of sp³-hybridized carbons (Fsp3) is 0.167. The molecule has 3 aromatic rings. The lowest BCUT2D eigenvalue weighted by molar-refractivity contribution is -0.119. The van der Waals surface area contributed by atoms with Crippen LogP contribution in [0.5, 0.6) is 11.5 Å². The number of methoxy groups -OCH3 is 2. The number of benzene rings is 3. The summed E-state index contributed by atoms with van der Waals surface area (Å²) in [6.07, 6.45) is 1.40. The van der Waals surface area contributed by atoms with Gasteiger partial charge in [-0.2, -0.15) is 5.10 Å². The lowest BCUT2D eigenvalue weighted by atomic mass is 10.2. The molecule has 0 bridgehead atoms. The maximum Gasteiger partial charge on any atom is 0.264 e. The largest absolute Gasteiger partial charge is 0.493 e. The molecule has 0 aliphatic carbocycles. The zero-order valence-corrected chi connectivity index (χ0v) is 21.5. The smallest absolute Gasteiger partial charge is 0.264 e. The van der Waals surface area contributed by atoms with Gasteiger partial charge in [0.1, 0.15) is 6.54 Å². The van der Waals surface area contributed by atoms with Crippen LogP contribution in [0.3, 0.4) is 0 Å². The highest BCUT2D eigenvalue weighted by Crippen LogP contribution is 2.30. The van der Waals surface area contributed by atoms with Crippen LogP contribution in [0.15, 0.2) is 70.7 Å². The van der Waals surface area contributed by atoms with Crippen molar-refractivity contribution in [3.8, 4) is 11.5 Å². The van der Waals surface area contributed by atoms with Crippen molar-refractivity contribution in [3.05, 3.63) is 81.8 Å². The first-order valence-electron chi connectivity index (χ1n) is 10.2. The van der Waals surface area contributed by atoms with E-state index in [1.165, 1.54) is 50.8 Å². The number of hydrogen-bond donors (Lipinski definition) is 1. The average molecular weight is 536 g/mol. The first kappa shape index (κ1) is 26.3. The number of anilines is 1. The number of carbonyl (C=O) groups excluding carboxylic acids is 1. The first-order chi connectivity index (χ1) is 16.6. The number of nitrogens with one attached hydrogen (secondary N) is 1. The van der Waals surface area contributed by atoms with E-state index in [1.807, 2.05) is 6.92 Å². The Morgan fingerprint density at radius 3 is 2.20 bits per heavy atom. The van der Waals surface area contributed by atoms with Gasteiger partial charge in [0.15, 0.2) is 11.5 Å². The molecule has 35 heavy (non-hydrogen) atoms. The summed E-state index contributed by atoms with van der Waals surface area (Å²) in [7, 11) is -1.09. The molecule has 0 aliphatic heterocycles. The summed E-state index contributed by atoms with van der Waals surface area (Å²) >= 11 is 12.2. The summed E-state index contributed by atoms with van der Waals surface area (Å²) in [5.41, 5.74) is 4.01. The maximum atomic E-state index is 13.4. The highest BCUT2D eigenvalue weighted by molar-refractivity contribution is 7.92. The molecule has 0 saturated carbocycles. The summed E-state index contributed by atoms with van der Waals surface area (Å²) in [5.74, 6) is 0.371. The highest BCUT2D eigenvalue weighted by Gasteiger charge is 2.27. The average Bonchev–Trinajstić information content (AvgIpc) is 2.82. The van der Waals surface area contributed by atoms with Gasteiger partial charge in [0, 0.05) is 10.0 Å². The van der Waals surface area contributed by atoms with Crippen LogP contribution in [-0.2, 0) is 14.8 Å². The number of hydrogen-bond acceptors (Lipinski definition) is 6. The molecule has 3 rings (SSSR count). The Balaban J connectivity index is 1.85. The molecule has 0 heterocycles. The van der Waals surface area contributed by atoms with Crippen LogP contribution >= 0.6 is 23.2 Å². The normalized spacial score (nSPS) is 11.3. The van der Waals surface area contributed by atoms with Crippen molar-refractivity contribution in [3.63, 3.8) is 0 Å². The Morgan fingerprint density at radius 1 is 0.971 bits per heavy atom. The SMILES string of the molecule is COc1ccc(/C=N\NC(=O)CN(c2cc(Cl)cc(Cl)c2)S(=O)(=O)c2ccc(C)cc2)cc1OC. The number of carbonyl (C=O) groups is 1. The van der Waals surface area contributed by atoms with Crippen molar-refractivity contribution < 1.29 is 22.7 Å². The molecule has 0 radical (unpaired) electrons. The number of hydrazone groups is 1. The van der Waals surface area contributed by atoms with E-state index < -0.39 is 22.5 Å². The summed E-state index contributed by atoms with van der Waals surface area (Å²) in [6, 6.07) is 15.7. The third-order valence-corrected chi connectivity index (χ3v) is 7.07. The van der Waals surface area contributed by atoms with Crippen molar-refractivity contribution in [1.82, 2.24) is 5.43 Å². The molecule has 0 aromatic heterocycles. The minimum absolute atomic E-state index is 0.0147. The minimum Gasteiger partial charge on any atom is -0.493 e. The van der Waals surface area contributed by atoms with Crippen molar-refractivity contribution in [1.29, 1.82) is 0 Å². The number of halogens is 2. The minimum atomic E-state index is -4.12. The third-order valence-electron chi connectivity index (χ3n) is 4.84. The quantitative estimate of drug-likeness (QED) is 0.317. The van der Waals surface area contributed by atoms with Gasteiger partial charge in [-0.05, 0) is 61.0 Å². The molecule has 1 amide bonds. The summed E-state index contributed by atoms with van der Waals surface area (Å²) in [4.78, 5) is 12.7. The van der Waals surface area contributed by atoms with Gasteiger partial charge >= 0.3 is 0 Å². The topological polar surface area (TPSA) is 97.3 Å². The molecule has 0 atom stereocenters. The molecule has 11 heteroatoms. The molecule has 8 nitrogen and oxygen atoms in total. The fourth-order valence-corrected chi connectivity index (χ4v) is 5.03. The van der Waals surface area contributed by atoms with Crippen molar-refractivity contribution in [2.24, 2.45) is 5.10 Å². The van der Waals surface area contributed by atoms with Crippen LogP contribution in [0.1, 0.15) is 11.1 Å². The lowest BCUT2D eigenvalue weighted by Gasteiger charge is -2.24. The second-order valence-electron chi connectivity index (χ2n) is 7.36. The summed E-state index contributed by atoms with van der Waals surface area (Å²) in [5, 5.41) is 4.38. The molecule has 0 unspecified atom stereocenters. The Morgan fingerprint density at radius 2 is 1.60 bits per heavy atom. The van der Waals surface area contributed by atoms with Crippen LogP contribution in [0.25, 0.3) is 0 Å². The van der Waals surface area contributed by atoms with E-state index in [9.17, 15) is 13.2 Å². The van der Waals surface area contributed by atoms with Crippen LogP contribution in [-0.4, -0.2) is 41.3 Å². The lowest BCUT2D eigenvalue weighted by Crippen LogP contribution is -2.39. The Labute approximate surface area is 214 Å². The third kappa shape index (κ3) is 6.66. The molecule has 0 spiro atoms. The van der Waals surface area contributed by atoms with E-state index in [1.54, 1.807) is 30.3 Å². The second kappa shape index (κ2) is 11.4. The highest BCUT2D eigenvalue weighted by atomic mass is 35.5. The van der Waals surface area contributed by atoms with Gasteiger partial charge in [-0.3, -0.25) is 9.10 Å². The molecule has 184 valence electrons. The molecule has 3 aromatic carbocycles. The van der Waals surface area contributed by atoms with E-state index in [0.717, 1.165) is 9.87 Å². The monoisotopic (exact) mass is 535 g/mol. The van der Waals surface area contributed by atoms with E-state index >= 15 is 0 Å². The van der Waals surface area contributed by atoms with E-state index in [-0.39, 0.29) is 20.6 Å². The van der Waals surface area contributed by atoms with Crippen LogP contribution in [0, 0.1) is 6.92 Å². The van der Waals surface area contributed by atoms with Gasteiger partial charge in [-0.25, -0.2) is 13.8 Å². The van der Waals surface area contributed by atoms with Crippen LogP contribution in [0.4, 0.5) is 5.69 Å². The number of rotatable bonds is 9. The van der Waals surface area contributed by atoms with Gasteiger partial charge in [0.2, 0.25) is 0 Å². The van der Waals surface area contributed by atoms with E-state index in [2.05, 4.69) is 10.5 Å². The molecule has 0 fully saturated rings. The van der Waals surface area contributed by atoms with Gasteiger partial charge in [-0.1, -0.05) is 40.9 Å². The Kier molecular flexibility index (Phi) is 8.61. The number of amides is 1. The molecular formula is C24H23Cl2N3O5S. The number of nitrogens with zero attached hydrogens (tertiary/aromatic N) is 2. The first-order valence-corrected chi connectivity index (χ1v) is 12.4. The van der Waals surface area contributed by atoms with E-state index in [0.29, 0.717) is 17.1 Å². The van der Waals surface area contributed by atoms with Gasteiger partial charge in [0.25, 0.3) is 15.9 Å². The molecule has 1 N–H and O–H groups in total. The number of aryl methyl sites for hydroxylation is 1. The Hall–Kier alpha value is -3.27. The standard InChI is InChI=1S/C24H23Cl2N3O5S/c1-16-4-7-21(8-5-16)35(31,32)29(20-12-18(25)11-19(26)13-20)15-24(30)28-27-14-17-6-9-22(33-2)23(10-17)34-3/h4-14H,15H2,1-3H3,(H,28,30)/b27-14-. The van der Waals surface area contributed by atoms with E-state index in [4.69, 9.17) is 32.7 Å². The van der Waals surface area contributed by atoms with Crippen LogP contribution < -0.4 is 19.2 Å². The zero-order chi connectivity index (χ0) is 25.6. The molecule has 0 saturated heterocycles. The Bertz CT molecular complexity index is 1330. The zero-order valence-electron chi connectivity index (χ0n) is 19.2. The van der Waals surface area contributed by atoms with Gasteiger partial charge in [0.05, 0.1) is 31.0 Å². The second-order valence-corrected chi connectivity index (χ2v) is 10.1. The summed E-state index contributed by atoms with van der Waals surface area (Å²) < 4.78 is 38.2. The van der Waals surface area contributed by atoms with Gasteiger partial charge in [-0.15, -0.1) is 0 Å². The predicted molar refractivity (Wildman–Crippen MR) is 137 cm³/mol. The number of sulfonamides is 1. The fourth-order valence-electron chi connectivity index (χ4n) is 3.11. The maximum absolute atomic E-state index is 13.4. The van der Waals surface area contributed by atoms with Crippen LogP contribution in [0.2, 0.25) is 10.0 Å².